The van der Waals surface area contributed by atoms with Crippen LogP contribution < -0.4 is 15.8 Å². The molecule has 100 valence electrons. The van der Waals surface area contributed by atoms with Crippen LogP contribution in [0.2, 0.25) is 0 Å². The van der Waals surface area contributed by atoms with Crippen molar-refractivity contribution >= 4 is 5.69 Å². The van der Waals surface area contributed by atoms with Crippen molar-refractivity contribution in [2.24, 2.45) is 0 Å². The lowest BCUT2D eigenvalue weighted by atomic mass is 9.98. The van der Waals surface area contributed by atoms with Crippen LogP contribution in [0.5, 0.6) is 5.75 Å². The molecule has 0 heterocycles. The summed E-state index contributed by atoms with van der Waals surface area (Å²) in [5, 5.41) is 3.34. The molecule has 0 saturated carbocycles. The summed E-state index contributed by atoms with van der Waals surface area (Å²) in [6, 6.07) is 16.4. The maximum absolute atomic E-state index is 6.00. The number of methoxy groups -OCH3 is 1. The average Bonchev–Trinajstić information content (AvgIpc) is 2.47. The van der Waals surface area contributed by atoms with Crippen molar-refractivity contribution in [3.8, 4) is 5.75 Å². The van der Waals surface area contributed by atoms with Crippen LogP contribution in [0.1, 0.15) is 17.2 Å². The van der Waals surface area contributed by atoms with Crippen LogP contribution >= 0.6 is 0 Å². The maximum atomic E-state index is 6.00. The van der Waals surface area contributed by atoms with Gasteiger partial charge in [-0.3, -0.25) is 0 Å². The zero-order valence-corrected chi connectivity index (χ0v) is 11.4. The third kappa shape index (κ3) is 3.26. The largest absolute Gasteiger partial charge is 0.497 e. The predicted molar refractivity (Wildman–Crippen MR) is 79.4 cm³/mol. The number of nitrogen functional groups attached to an aromatic ring is 1. The van der Waals surface area contributed by atoms with Crippen molar-refractivity contribution in [3.63, 3.8) is 0 Å². The first kappa shape index (κ1) is 13.4. The smallest absolute Gasteiger partial charge is 0.118 e. The minimum Gasteiger partial charge on any atom is -0.497 e. The van der Waals surface area contributed by atoms with Crippen LogP contribution in [-0.4, -0.2) is 14.2 Å². The minimum atomic E-state index is 0.246. The number of ether oxygens (including phenoxy) is 1. The van der Waals surface area contributed by atoms with Crippen LogP contribution in [0.4, 0.5) is 5.69 Å². The SMILES string of the molecule is CNC(Cc1ccccc1N)c1ccc(OC)cc1. The van der Waals surface area contributed by atoms with E-state index >= 15 is 0 Å². The van der Waals surface area contributed by atoms with E-state index in [9.17, 15) is 0 Å². The van der Waals surface area contributed by atoms with E-state index in [0.717, 1.165) is 23.4 Å². The van der Waals surface area contributed by atoms with Gasteiger partial charge in [-0.25, -0.2) is 0 Å². The molecule has 0 aromatic heterocycles. The Morgan fingerprint density at radius 2 is 1.79 bits per heavy atom. The summed E-state index contributed by atoms with van der Waals surface area (Å²) in [5.41, 5.74) is 9.24. The van der Waals surface area contributed by atoms with Crippen LogP contribution in [0.3, 0.4) is 0 Å². The monoisotopic (exact) mass is 256 g/mol. The normalized spacial score (nSPS) is 12.1. The summed E-state index contributed by atoms with van der Waals surface area (Å²) in [5.74, 6) is 0.873. The summed E-state index contributed by atoms with van der Waals surface area (Å²) in [7, 11) is 3.64. The van der Waals surface area contributed by atoms with Crippen molar-refractivity contribution in [1.82, 2.24) is 5.32 Å². The van der Waals surface area contributed by atoms with Crippen LogP contribution in [0.25, 0.3) is 0 Å². The lowest BCUT2D eigenvalue weighted by Gasteiger charge is -2.18. The Balaban J connectivity index is 2.17. The lowest BCUT2D eigenvalue weighted by molar-refractivity contribution is 0.414. The van der Waals surface area contributed by atoms with Gasteiger partial charge in [-0.2, -0.15) is 0 Å². The predicted octanol–water partition coefficient (Wildman–Crippen LogP) is 2.78. The van der Waals surface area contributed by atoms with E-state index in [1.165, 1.54) is 5.56 Å². The van der Waals surface area contributed by atoms with Gasteiger partial charge in [-0.05, 0) is 42.8 Å². The van der Waals surface area contributed by atoms with Crippen molar-refractivity contribution < 1.29 is 4.74 Å². The Labute approximate surface area is 114 Å². The van der Waals surface area contributed by atoms with E-state index in [4.69, 9.17) is 10.5 Å². The van der Waals surface area contributed by atoms with Gasteiger partial charge in [0.15, 0.2) is 0 Å². The highest BCUT2D eigenvalue weighted by atomic mass is 16.5. The fourth-order valence-corrected chi connectivity index (χ4v) is 2.16. The molecule has 3 N–H and O–H groups in total. The number of rotatable bonds is 5. The third-order valence-corrected chi connectivity index (χ3v) is 3.35. The molecule has 3 heteroatoms. The zero-order valence-electron chi connectivity index (χ0n) is 11.4. The Hall–Kier alpha value is -2.00. The molecule has 1 atom stereocenters. The fraction of sp³-hybridized carbons (Fsp3) is 0.250. The third-order valence-electron chi connectivity index (χ3n) is 3.35. The number of nitrogens with two attached hydrogens (primary N) is 1. The number of nitrogens with one attached hydrogen (secondary N) is 1. The second-order valence-corrected chi connectivity index (χ2v) is 4.52. The van der Waals surface area contributed by atoms with Gasteiger partial charge in [0.2, 0.25) is 0 Å². The topological polar surface area (TPSA) is 47.3 Å². The van der Waals surface area contributed by atoms with Crippen LogP contribution in [0, 0.1) is 0 Å². The van der Waals surface area contributed by atoms with Gasteiger partial charge in [0.1, 0.15) is 5.75 Å². The molecule has 0 fully saturated rings. The first-order chi connectivity index (χ1) is 9.24. The van der Waals surface area contributed by atoms with E-state index in [-0.39, 0.29) is 6.04 Å². The van der Waals surface area contributed by atoms with E-state index in [1.54, 1.807) is 7.11 Å². The quantitative estimate of drug-likeness (QED) is 0.809. The van der Waals surface area contributed by atoms with Gasteiger partial charge < -0.3 is 15.8 Å². The number of anilines is 1. The van der Waals surface area contributed by atoms with Gasteiger partial charge in [-0.1, -0.05) is 30.3 Å². The standard InChI is InChI=1S/C16H20N2O/c1-18-16(11-13-5-3-4-6-15(13)17)12-7-9-14(19-2)10-8-12/h3-10,16,18H,11,17H2,1-2H3. The molecule has 0 saturated heterocycles. The Kier molecular flexibility index (Phi) is 4.42. The summed E-state index contributed by atoms with van der Waals surface area (Å²) in [4.78, 5) is 0. The fourth-order valence-electron chi connectivity index (χ4n) is 2.16. The first-order valence-corrected chi connectivity index (χ1v) is 6.39. The van der Waals surface area contributed by atoms with E-state index in [1.807, 2.05) is 37.4 Å². The van der Waals surface area contributed by atoms with E-state index in [2.05, 4.69) is 23.5 Å². The lowest BCUT2D eigenvalue weighted by Crippen LogP contribution is -2.19. The number of hydrogen-bond acceptors (Lipinski definition) is 3. The average molecular weight is 256 g/mol. The summed E-state index contributed by atoms with van der Waals surface area (Å²) in [6.45, 7) is 0. The Bertz CT molecular complexity index is 523. The summed E-state index contributed by atoms with van der Waals surface area (Å²) >= 11 is 0. The molecular formula is C16H20N2O. The maximum Gasteiger partial charge on any atom is 0.118 e. The van der Waals surface area contributed by atoms with Crippen molar-refractivity contribution in [2.45, 2.75) is 12.5 Å². The molecule has 2 aromatic carbocycles. The highest BCUT2D eigenvalue weighted by Crippen LogP contribution is 2.23. The second-order valence-electron chi connectivity index (χ2n) is 4.52. The van der Waals surface area contributed by atoms with Gasteiger partial charge in [0.25, 0.3) is 0 Å². The Morgan fingerprint density at radius 3 is 2.37 bits per heavy atom. The molecule has 0 spiro atoms. The molecule has 0 amide bonds. The molecule has 19 heavy (non-hydrogen) atoms. The molecule has 0 aliphatic heterocycles. The van der Waals surface area contributed by atoms with Crippen LogP contribution in [-0.2, 0) is 6.42 Å². The zero-order chi connectivity index (χ0) is 13.7. The van der Waals surface area contributed by atoms with Gasteiger partial charge in [0.05, 0.1) is 7.11 Å². The molecule has 2 rings (SSSR count). The molecule has 0 bridgehead atoms. The van der Waals surface area contributed by atoms with Crippen molar-refractivity contribution in [2.75, 3.05) is 19.9 Å². The molecule has 3 nitrogen and oxygen atoms in total. The summed E-state index contributed by atoms with van der Waals surface area (Å²) in [6.07, 6.45) is 0.871. The van der Waals surface area contributed by atoms with E-state index < -0.39 is 0 Å². The number of likely N-dealkylation sites (N-methyl/N-ethyl adjacent to an activating group) is 1. The first-order valence-electron chi connectivity index (χ1n) is 6.39. The highest BCUT2D eigenvalue weighted by Gasteiger charge is 2.11. The molecular weight excluding hydrogens is 236 g/mol. The molecule has 0 aliphatic rings. The van der Waals surface area contributed by atoms with Crippen LogP contribution in [0.15, 0.2) is 48.5 Å². The minimum absolute atomic E-state index is 0.246. The van der Waals surface area contributed by atoms with Crippen molar-refractivity contribution in [3.05, 3.63) is 59.7 Å². The Morgan fingerprint density at radius 1 is 1.11 bits per heavy atom. The van der Waals surface area contributed by atoms with Gasteiger partial charge in [-0.15, -0.1) is 0 Å². The second kappa shape index (κ2) is 6.25. The highest BCUT2D eigenvalue weighted by molar-refractivity contribution is 5.47. The van der Waals surface area contributed by atoms with Gasteiger partial charge >= 0.3 is 0 Å². The number of benzene rings is 2. The van der Waals surface area contributed by atoms with E-state index in [0.29, 0.717) is 0 Å². The summed E-state index contributed by atoms with van der Waals surface area (Å²) < 4.78 is 5.18. The number of hydrogen-bond donors (Lipinski definition) is 2. The molecule has 0 radical (unpaired) electrons. The molecule has 2 aromatic rings. The molecule has 0 aliphatic carbocycles. The van der Waals surface area contributed by atoms with Crippen molar-refractivity contribution in [1.29, 1.82) is 0 Å². The number of para-hydroxylation sites is 1. The van der Waals surface area contributed by atoms with Gasteiger partial charge in [0, 0.05) is 11.7 Å². The molecule has 1 unspecified atom stereocenters.